The van der Waals surface area contributed by atoms with Gasteiger partial charge in [-0.3, -0.25) is 4.72 Å². The monoisotopic (exact) mass is 393 g/mol. The van der Waals surface area contributed by atoms with Crippen LogP contribution in [-0.2, 0) is 15.6 Å². The summed E-state index contributed by atoms with van der Waals surface area (Å²) in [4.78, 5) is 0.267. The first kappa shape index (κ1) is 18.5. The third-order valence-electron chi connectivity index (χ3n) is 5.14. The first-order chi connectivity index (χ1) is 13.3. The molecule has 3 N–H and O–H groups in total. The van der Waals surface area contributed by atoms with Gasteiger partial charge in [0.25, 0.3) is 10.0 Å². The Balaban J connectivity index is 1.78. The molecule has 4 aromatic rings. The van der Waals surface area contributed by atoms with Gasteiger partial charge in [-0.1, -0.05) is 42.5 Å². The summed E-state index contributed by atoms with van der Waals surface area (Å²) >= 11 is 0. The molecule has 0 aliphatic heterocycles. The van der Waals surface area contributed by atoms with E-state index in [9.17, 15) is 8.42 Å². The second-order valence-electron chi connectivity index (χ2n) is 7.56. The van der Waals surface area contributed by atoms with Crippen molar-refractivity contribution in [3.8, 4) is 0 Å². The van der Waals surface area contributed by atoms with Crippen LogP contribution in [0.1, 0.15) is 13.8 Å². The second kappa shape index (κ2) is 6.65. The quantitative estimate of drug-likeness (QED) is 0.531. The van der Waals surface area contributed by atoms with Crippen molar-refractivity contribution in [3.63, 3.8) is 0 Å². The van der Waals surface area contributed by atoms with Gasteiger partial charge in [-0.2, -0.15) is 0 Å². The summed E-state index contributed by atoms with van der Waals surface area (Å²) in [5.74, 6) is 0. The van der Waals surface area contributed by atoms with Gasteiger partial charge in [-0.25, -0.2) is 8.42 Å². The molecule has 0 radical (unpaired) electrons. The van der Waals surface area contributed by atoms with Crippen LogP contribution in [0.15, 0.2) is 77.8 Å². The Kier molecular flexibility index (Phi) is 4.40. The zero-order chi connectivity index (χ0) is 19.9. The molecule has 0 atom stereocenters. The molecular formula is C22H23N3O2S. The smallest absolute Gasteiger partial charge is 0.262 e. The van der Waals surface area contributed by atoms with Crippen LogP contribution in [0.25, 0.3) is 21.7 Å². The highest BCUT2D eigenvalue weighted by molar-refractivity contribution is 7.93. The standard InChI is InChI=1S/C22H23N3O2S/c1-22(2,15-23)25-13-12-17-10-11-18(14-20(17)25)24-28(26,27)21-9-5-7-16-6-3-4-8-19(16)21/h3-14,24H,15,23H2,1-2H3. The van der Waals surface area contributed by atoms with Crippen LogP contribution in [0.5, 0.6) is 0 Å². The van der Waals surface area contributed by atoms with Gasteiger partial charge in [0.05, 0.1) is 21.6 Å². The molecule has 0 saturated heterocycles. The van der Waals surface area contributed by atoms with E-state index in [1.807, 2.05) is 54.7 Å². The number of rotatable bonds is 5. The molecule has 0 spiro atoms. The molecule has 6 heteroatoms. The lowest BCUT2D eigenvalue weighted by Crippen LogP contribution is -2.34. The van der Waals surface area contributed by atoms with Gasteiger partial charge in [-0.15, -0.1) is 0 Å². The van der Waals surface area contributed by atoms with E-state index in [1.165, 1.54) is 0 Å². The fourth-order valence-corrected chi connectivity index (χ4v) is 4.74. The molecule has 144 valence electrons. The molecule has 5 nitrogen and oxygen atoms in total. The third kappa shape index (κ3) is 3.15. The first-order valence-electron chi connectivity index (χ1n) is 9.14. The number of hydrogen-bond acceptors (Lipinski definition) is 3. The predicted molar refractivity (Wildman–Crippen MR) is 115 cm³/mol. The highest BCUT2D eigenvalue weighted by atomic mass is 32.2. The van der Waals surface area contributed by atoms with Crippen LogP contribution in [0.3, 0.4) is 0 Å². The van der Waals surface area contributed by atoms with Gasteiger partial charge in [0.15, 0.2) is 0 Å². The van der Waals surface area contributed by atoms with Crippen molar-refractivity contribution in [2.75, 3.05) is 11.3 Å². The molecule has 1 heterocycles. The van der Waals surface area contributed by atoms with E-state index < -0.39 is 10.0 Å². The Morgan fingerprint density at radius 3 is 2.50 bits per heavy atom. The minimum absolute atomic E-state index is 0.267. The van der Waals surface area contributed by atoms with Crippen molar-refractivity contribution in [1.29, 1.82) is 0 Å². The van der Waals surface area contributed by atoms with Crippen molar-refractivity contribution >= 4 is 37.4 Å². The molecule has 0 aliphatic carbocycles. The number of sulfonamides is 1. The minimum atomic E-state index is -3.73. The highest BCUT2D eigenvalue weighted by Crippen LogP contribution is 2.29. The Hall–Kier alpha value is -2.83. The Bertz CT molecular complexity index is 1270. The van der Waals surface area contributed by atoms with E-state index in [2.05, 4.69) is 23.1 Å². The Labute approximate surface area is 164 Å². The molecule has 0 unspecified atom stereocenters. The molecule has 1 aromatic heterocycles. The molecule has 28 heavy (non-hydrogen) atoms. The molecule has 0 bridgehead atoms. The van der Waals surface area contributed by atoms with Gasteiger partial charge in [0, 0.05) is 18.1 Å². The second-order valence-corrected chi connectivity index (χ2v) is 9.21. The van der Waals surface area contributed by atoms with E-state index in [1.54, 1.807) is 18.2 Å². The SMILES string of the molecule is CC(C)(CN)n1ccc2ccc(NS(=O)(=O)c3cccc4ccccc34)cc21. The van der Waals surface area contributed by atoms with E-state index in [-0.39, 0.29) is 10.4 Å². The lowest BCUT2D eigenvalue weighted by molar-refractivity contribution is 0.379. The van der Waals surface area contributed by atoms with Crippen LogP contribution in [-0.4, -0.2) is 19.5 Å². The maximum absolute atomic E-state index is 13.1. The average Bonchev–Trinajstić information content (AvgIpc) is 3.11. The first-order valence-corrected chi connectivity index (χ1v) is 10.6. The molecule has 0 aliphatic rings. The van der Waals surface area contributed by atoms with Crippen LogP contribution in [0.2, 0.25) is 0 Å². The molecule has 0 saturated carbocycles. The molecule has 4 rings (SSSR count). The van der Waals surface area contributed by atoms with Gasteiger partial charge < -0.3 is 10.3 Å². The van der Waals surface area contributed by atoms with Crippen molar-refractivity contribution in [3.05, 3.63) is 72.9 Å². The topological polar surface area (TPSA) is 77.1 Å². The average molecular weight is 394 g/mol. The fourth-order valence-electron chi connectivity index (χ4n) is 3.46. The van der Waals surface area contributed by atoms with Gasteiger partial charge in [0.2, 0.25) is 0 Å². The number of benzene rings is 3. The maximum Gasteiger partial charge on any atom is 0.262 e. The highest BCUT2D eigenvalue weighted by Gasteiger charge is 2.21. The number of nitrogens with zero attached hydrogens (tertiary/aromatic N) is 1. The molecule has 3 aromatic carbocycles. The predicted octanol–water partition coefficient (Wildman–Crippen LogP) is 4.29. The van der Waals surface area contributed by atoms with Crippen LogP contribution in [0.4, 0.5) is 5.69 Å². The summed E-state index contributed by atoms with van der Waals surface area (Å²) in [5.41, 5.74) is 7.12. The van der Waals surface area contributed by atoms with Gasteiger partial charge in [0.1, 0.15) is 0 Å². The minimum Gasteiger partial charge on any atom is -0.341 e. The Morgan fingerprint density at radius 1 is 0.964 bits per heavy atom. The number of fused-ring (bicyclic) bond motifs is 2. The van der Waals surface area contributed by atoms with Crippen molar-refractivity contribution in [1.82, 2.24) is 4.57 Å². The number of nitrogens with two attached hydrogens (primary N) is 1. The summed E-state index contributed by atoms with van der Waals surface area (Å²) in [6, 6.07) is 20.3. The third-order valence-corrected chi connectivity index (χ3v) is 6.58. The number of aromatic nitrogens is 1. The van der Waals surface area contributed by atoms with Crippen LogP contribution in [0, 0.1) is 0 Å². The van der Waals surface area contributed by atoms with Crippen molar-refractivity contribution < 1.29 is 8.42 Å². The van der Waals surface area contributed by atoms with Gasteiger partial charge in [-0.05, 0) is 48.9 Å². The summed E-state index contributed by atoms with van der Waals surface area (Å²) in [6.45, 7) is 4.58. The number of nitrogens with one attached hydrogen (secondary N) is 1. The largest absolute Gasteiger partial charge is 0.341 e. The molecule has 0 amide bonds. The van der Waals surface area contributed by atoms with Crippen LogP contribution < -0.4 is 10.5 Å². The molecule has 0 fully saturated rings. The molecular weight excluding hydrogens is 370 g/mol. The summed E-state index contributed by atoms with van der Waals surface area (Å²) in [5, 5.41) is 2.63. The number of anilines is 1. The zero-order valence-electron chi connectivity index (χ0n) is 15.9. The van der Waals surface area contributed by atoms with E-state index >= 15 is 0 Å². The normalized spacial score (nSPS) is 12.5. The van der Waals surface area contributed by atoms with E-state index in [0.717, 1.165) is 16.3 Å². The van der Waals surface area contributed by atoms with Crippen molar-refractivity contribution in [2.45, 2.75) is 24.3 Å². The maximum atomic E-state index is 13.1. The van der Waals surface area contributed by atoms with Crippen LogP contribution >= 0.6 is 0 Å². The Morgan fingerprint density at radius 2 is 1.71 bits per heavy atom. The van der Waals surface area contributed by atoms with E-state index in [4.69, 9.17) is 5.73 Å². The zero-order valence-corrected chi connectivity index (χ0v) is 16.7. The lowest BCUT2D eigenvalue weighted by atomic mass is 10.1. The summed E-state index contributed by atoms with van der Waals surface area (Å²) < 4.78 is 31.0. The van der Waals surface area contributed by atoms with Gasteiger partial charge >= 0.3 is 0 Å². The number of hydrogen-bond donors (Lipinski definition) is 2. The summed E-state index contributed by atoms with van der Waals surface area (Å²) in [7, 11) is -3.73. The fraction of sp³-hybridized carbons (Fsp3) is 0.182. The van der Waals surface area contributed by atoms with Crippen molar-refractivity contribution in [2.24, 2.45) is 5.73 Å². The van der Waals surface area contributed by atoms with E-state index in [0.29, 0.717) is 17.6 Å². The lowest BCUT2D eigenvalue weighted by Gasteiger charge is -2.26. The summed E-state index contributed by atoms with van der Waals surface area (Å²) in [6.07, 6.45) is 1.99.